The molecule has 0 radical (unpaired) electrons. The van der Waals surface area contributed by atoms with Gasteiger partial charge in [-0.05, 0) is 68.4 Å². The summed E-state index contributed by atoms with van der Waals surface area (Å²) < 4.78 is 0. The molecule has 2 nitrogen and oxygen atoms in total. The first kappa shape index (κ1) is 12.2. The fraction of sp³-hybridized carbons (Fsp3) is 0.625. The van der Waals surface area contributed by atoms with Crippen molar-refractivity contribution in [1.29, 1.82) is 0 Å². The molecule has 0 spiro atoms. The van der Waals surface area contributed by atoms with Crippen molar-refractivity contribution in [3.05, 3.63) is 34.9 Å². The number of hydrogen-bond acceptors (Lipinski definition) is 2. The number of hydrogen-bond donors (Lipinski definition) is 1. The number of piperidine rings is 1. The minimum atomic E-state index is 0.892. The lowest BCUT2D eigenvalue weighted by Crippen LogP contribution is -2.39. The molecular formula is C16H24N2. The highest BCUT2D eigenvalue weighted by molar-refractivity contribution is 5.33. The first-order valence-electron chi connectivity index (χ1n) is 7.22. The van der Waals surface area contributed by atoms with E-state index < -0.39 is 0 Å². The molecule has 0 bridgehead atoms. The monoisotopic (exact) mass is 244 g/mol. The maximum absolute atomic E-state index is 3.54. The van der Waals surface area contributed by atoms with Crippen molar-refractivity contribution in [1.82, 2.24) is 10.2 Å². The van der Waals surface area contributed by atoms with Gasteiger partial charge in [0.05, 0.1) is 0 Å². The summed E-state index contributed by atoms with van der Waals surface area (Å²) in [4.78, 5) is 2.65. The lowest BCUT2D eigenvalue weighted by molar-refractivity contribution is 0.142. The Hall–Kier alpha value is -0.860. The zero-order valence-electron chi connectivity index (χ0n) is 11.6. The van der Waals surface area contributed by atoms with Crippen molar-refractivity contribution in [3.63, 3.8) is 0 Å². The van der Waals surface area contributed by atoms with Gasteiger partial charge in [0.2, 0.25) is 0 Å². The summed E-state index contributed by atoms with van der Waals surface area (Å²) in [7, 11) is 0. The van der Waals surface area contributed by atoms with Gasteiger partial charge in [0.25, 0.3) is 0 Å². The van der Waals surface area contributed by atoms with E-state index in [-0.39, 0.29) is 0 Å². The Kier molecular flexibility index (Phi) is 3.40. The maximum Gasteiger partial charge on any atom is 0.0236 e. The van der Waals surface area contributed by atoms with Crippen molar-refractivity contribution in [3.8, 4) is 0 Å². The normalized spacial score (nSPS) is 28.3. The molecule has 2 saturated heterocycles. The SMILES string of the molecule is Cc1cccc(CN2CCC3CNCC3C2)c1C. The Morgan fingerprint density at radius 1 is 1.22 bits per heavy atom. The van der Waals surface area contributed by atoms with Crippen LogP contribution < -0.4 is 5.32 Å². The highest BCUT2D eigenvalue weighted by Crippen LogP contribution is 2.27. The average molecular weight is 244 g/mol. The summed E-state index contributed by atoms with van der Waals surface area (Å²) >= 11 is 0. The summed E-state index contributed by atoms with van der Waals surface area (Å²) in [6.07, 6.45) is 1.38. The van der Waals surface area contributed by atoms with Gasteiger partial charge in [0.1, 0.15) is 0 Å². The minimum absolute atomic E-state index is 0.892. The molecule has 1 N–H and O–H groups in total. The molecule has 2 fully saturated rings. The molecule has 2 aliphatic heterocycles. The predicted molar refractivity (Wildman–Crippen MR) is 75.7 cm³/mol. The molecular weight excluding hydrogens is 220 g/mol. The summed E-state index contributed by atoms with van der Waals surface area (Å²) in [6.45, 7) is 10.6. The van der Waals surface area contributed by atoms with Crippen LogP contribution in [0.3, 0.4) is 0 Å². The maximum atomic E-state index is 3.54. The van der Waals surface area contributed by atoms with Crippen LogP contribution in [0.2, 0.25) is 0 Å². The van der Waals surface area contributed by atoms with E-state index in [1.807, 2.05) is 0 Å². The van der Waals surface area contributed by atoms with Crippen LogP contribution in [0.15, 0.2) is 18.2 Å². The zero-order chi connectivity index (χ0) is 12.5. The molecule has 1 aromatic carbocycles. The first-order chi connectivity index (χ1) is 8.74. The van der Waals surface area contributed by atoms with E-state index in [1.54, 1.807) is 0 Å². The van der Waals surface area contributed by atoms with Crippen molar-refractivity contribution in [2.24, 2.45) is 11.8 Å². The zero-order valence-corrected chi connectivity index (χ0v) is 11.6. The van der Waals surface area contributed by atoms with E-state index in [9.17, 15) is 0 Å². The molecule has 2 unspecified atom stereocenters. The molecule has 1 aromatic rings. The standard InChI is InChI=1S/C16H24N2/c1-12-4-3-5-15(13(12)2)10-18-7-6-14-8-17-9-16(14)11-18/h3-5,14,16-17H,6-11H2,1-2H3. The molecule has 98 valence electrons. The second-order valence-corrected chi connectivity index (χ2v) is 6.06. The van der Waals surface area contributed by atoms with E-state index >= 15 is 0 Å². The molecule has 3 rings (SSSR count). The average Bonchev–Trinajstić information content (AvgIpc) is 2.82. The van der Waals surface area contributed by atoms with Crippen LogP contribution in [0, 0.1) is 25.7 Å². The van der Waals surface area contributed by atoms with E-state index in [1.165, 1.54) is 49.3 Å². The van der Waals surface area contributed by atoms with Gasteiger partial charge in [0, 0.05) is 13.1 Å². The summed E-state index contributed by atoms with van der Waals surface area (Å²) in [5.41, 5.74) is 4.41. The molecule has 2 heteroatoms. The number of nitrogens with zero attached hydrogens (tertiary/aromatic N) is 1. The van der Waals surface area contributed by atoms with E-state index in [0.29, 0.717) is 0 Å². The first-order valence-corrected chi connectivity index (χ1v) is 7.22. The van der Waals surface area contributed by atoms with Gasteiger partial charge in [-0.15, -0.1) is 0 Å². The number of likely N-dealkylation sites (tertiary alicyclic amines) is 1. The van der Waals surface area contributed by atoms with Crippen LogP contribution >= 0.6 is 0 Å². The number of aryl methyl sites for hydroxylation is 1. The Bertz CT molecular complexity index is 427. The third-order valence-electron chi connectivity index (χ3n) is 4.90. The largest absolute Gasteiger partial charge is 0.316 e. The molecule has 2 atom stereocenters. The molecule has 2 aliphatic rings. The van der Waals surface area contributed by atoms with Gasteiger partial charge in [-0.1, -0.05) is 18.2 Å². The quantitative estimate of drug-likeness (QED) is 0.859. The fourth-order valence-corrected chi connectivity index (χ4v) is 3.48. The van der Waals surface area contributed by atoms with Crippen LogP contribution in [0.25, 0.3) is 0 Å². The Morgan fingerprint density at radius 3 is 2.94 bits per heavy atom. The molecule has 18 heavy (non-hydrogen) atoms. The molecule has 0 aromatic heterocycles. The van der Waals surface area contributed by atoms with Crippen LogP contribution in [0.1, 0.15) is 23.1 Å². The van der Waals surface area contributed by atoms with E-state index in [0.717, 1.165) is 18.4 Å². The molecule has 2 heterocycles. The smallest absolute Gasteiger partial charge is 0.0236 e. The van der Waals surface area contributed by atoms with Gasteiger partial charge in [-0.2, -0.15) is 0 Å². The lowest BCUT2D eigenvalue weighted by Gasteiger charge is -2.34. The highest BCUT2D eigenvalue weighted by Gasteiger charge is 2.32. The number of fused-ring (bicyclic) bond motifs is 1. The topological polar surface area (TPSA) is 15.3 Å². The number of benzene rings is 1. The number of nitrogens with one attached hydrogen (secondary N) is 1. The lowest BCUT2D eigenvalue weighted by atomic mass is 9.88. The van der Waals surface area contributed by atoms with Crippen LogP contribution in [0.4, 0.5) is 0 Å². The third kappa shape index (κ3) is 2.32. The summed E-state index contributed by atoms with van der Waals surface area (Å²) in [6, 6.07) is 6.70. The van der Waals surface area contributed by atoms with E-state index in [2.05, 4.69) is 42.3 Å². The highest BCUT2D eigenvalue weighted by atomic mass is 15.1. The van der Waals surface area contributed by atoms with Gasteiger partial charge in [-0.3, -0.25) is 4.90 Å². The third-order valence-corrected chi connectivity index (χ3v) is 4.90. The van der Waals surface area contributed by atoms with Crippen LogP contribution in [-0.4, -0.2) is 31.1 Å². The predicted octanol–water partition coefficient (Wildman–Crippen LogP) is 2.34. The van der Waals surface area contributed by atoms with Gasteiger partial charge >= 0.3 is 0 Å². The van der Waals surface area contributed by atoms with Crippen molar-refractivity contribution in [2.45, 2.75) is 26.8 Å². The van der Waals surface area contributed by atoms with Gasteiger partial charge in [-0.25, -0.2) is 0 Å². The molecule has 0 aliphatic carbocycles. The Labute approximate surface area is 110 Å². The summed E-state index contributed by atoms with van der Waals surface area (Å²) in [5.74, 6) is 1.84. The Balaban J connectivity index is 1.68. The van der Waals surface area contributed by atoms with Gasteiger partial charge < -0.3 is 5.32 Å². The second-order valence-electron chi connectivity index (χ2n) is 6.06. The Morgan fingerprint density at radius 2 is 2.06 bits per heavy atom. The van der Waals surface area contributed by atoms with Crippen LogP contribution in [0.5, 0.6) is 0 Å². The number of rotatable bonds is 2. The van der Waals surface area contributed by atoms with Crippen molar-refractivity contribution < 1.29 is 0 Å². The fourth-order valence-electron chi connectivity index (χ4n) is 3.48. The van der Waals surface area contributed by atoms with E-state index in [4.69, 9.17) is 0 Å². The molecule has 0 saturated carbocycles. The van der Waals surface area contributed by atoms with Crippen LogP contribution in [-0.2, 0) is 6.54 Å². The molecule has 0 amide bonds. The summed E-state index contributed by atoms with van der Waals surface area (Å²) in [5, 5.41) is 3.54. The van der Waals surface area contributed by atoms with Crippen molar-refractivity contribution in [2.75, 3.05) is 26.2 Å². The minimum Gasteiger partial charge on any atom is -0.316 e. The van der Waals surface area contributed by atoms with Gasteiger partial charge in [0.15, 0.2) is 0 Å². The van der Waals surface area contributed by atoms with Crippen molar-refractivity contribution >= 4 is 0 Å². The second kappa shape index (κ2) is 5.02.